The third-order valence-corrected chi connectivity index (χ3v) is 12.1. The fourth-order valence-electron chi connectivity index (χ4n) is 8.10. The summed E-state index contributed by atoms with van der Waals surface area (Å²) >= 11 is 0. The topological polar surface area (TPSA) is 149 Å². The van der Waals surface area contributed by atoms with Crippen LogP contribution in [0.4, 0.5) is 0 Å². The first-order valence-electron chi connectivity index (χ1n) is 24.9. The quantitative estimate of drug-likeness (QED) is 0.0263. The normalized spacial score (nSPS) is 20.8. The summed E-state index contributed by atoms with van der Waals surface area (Å²) in [6.07, 6.45) is 39.3. The first-order chi connectivity index (χ1) is 28.3. The zero-order valence-corrected chi connectivity index (χ0v) is 37.8. The lowest BCUT2D eigenvalue weighted by Gasteiger charge is -2.40. The molecule has 0 aromatic carbocycles. The van der Waals surface area contributed by atoms with Crippen molar-refractivity contribution in [2.75, 3.05) is 13.2 Å². The maximum atomic E-state index is 13.0. The molecular formula is C49H95NO8. The van der Waals surface area contributed by atoms with Crippen LogP contribution in [0, 0.1) is 0 Å². The van der Waals surface area contributed by atoms with Crippen LogP contribution in [0.25, 0.3) is 0 Å². The molecule has 1 aliphatic rings. The van der Waals surface area contributed by atoms with E-state index in [-0.39, 0.29) is 12.5 Å². The maximum absolute atomic E-state index is 13.0. The number of carbonyl (C=O) groups excluding carboxylic acids is 1. The minimum Gasteiger partial charge on any atom is -0.394 e. The molecule has 0 aliphatic carbocycles. The van der Waals surface area contributed by atoms with E-state index in [4.69, 9.17) is 9.47 Å². The van der Waals surface area contributed by atoms with Crippen LogP contribution in [-0.2, 0) is 14.3 Å². The molecule has 0 bridgehead atoms. The number of hydrogen-bond donors (Lipinski definition) is 6. The van der Waals surface area contributed by atoms with E-state index in [0.29, 0.717) is 12.8 Å². The highest BCUT2D eigenvalue weighted by atomic mass is 16.7. The van der Waals surface area contributed by atoms with Gasteiger partial charge in [0.15, 0.2) is 6.29 Å². The van der Waals surface area contributed by atoms with E-state index in [9.17, 15) is 30.3 Å². The number of hydrogen-bond acceptors (Lipinski definition) is 8. The Kier molecular flexibility index (Phi) is 37.9. The van der Waals surface area contributed by atoms with Crippen LogP contribution in [0.5, 0.6) is 0 Å². The second-order valence-corrected chi connectivity index (χ2v) is 17.6. The number of unbranched alkanes of at least 4 members (excludes halogenated alkanes) is 30. The number of nitrogens with one attached hydrogen (secondary N) is 1. The van der Waals surface area contributed by atoms with E-state index in [0.717, 1.165) is 38.5 Å². The summed E-state index contributed by atoms with van der Waals surface area (Å²) in [5.74, 6) is -0.144. The molecular weight excluding hydrogens is 731 g/mol. The minimum atomic E-state index is -1.55. The van der Waals surface area contributed by atoms with Gasteiger partial charge in [0.1, 0.15) is 24.4 Å². The molecule has 1 heterocycles. The van der Waals surface area contributed by atoms with E-state index in [2.05, 4.69) is 31.3 Å². The Morgan fingerprint density at radius 3 is 1.40 bits per heavy atom. The SMILES string of the molecule is CCCCCCCC/C=C\CCCCCCCCCCCC(=O)NC(COC1OC(CO)C(O)C(O)C1O)C(O)CCCCCCCCCCCCCCCCCC. The van der Waals surface area contributed by atoms with Gasteiger partial charge in [-0.05, 0) is 38.5 Å². The van der Waals surface area contributed by atoms with Crippen LogP contribution in [-0.4, -0.2) is 87.5 Å². The highest BCUT2D eigenvalue weighted by Crippen LogP contribution is 2.23. The van der Waals surface area contributed by atoms with Gasteiger partial charge in [0.2, 0.25) is 5.91 Å². The van der Waals surface area contributed by atoms with Gasteiger partial charge in [0.05, 0.1) is 25.4 Å². The summed E-state index contributed by atoms with van der Waals surface area (Å²) in [5, 5.41) is 54.5. The molecule has 0 aromatic heterocycles. The Morgan fingerprint density at radius 1 is 0.569 bits per heavy atom. The van der Waals surface area contributed by atoms with Gasteiger partial charge in [-0.25, -0.2) is 0 Å². The van der Waals surface area contributed by atoms with E-state index in [1.807, 2.05) is 0 Å². The molecule has 0 radical (unpaired) electrons. The number of allylic oxidation sites excluding steroid dienone is 2. The molecule has 58 heavy (non-hydrogen) atoms. The van der Waals surface area contributed by atoms with Gasteiger partial charge in [-0.1, -0.05) is 206 Å². The second-order valence-electron chi connectivity index (χ2n) is 17.6. The monoisotopic (exact) mass is 826 g/mol. The van der Waals surface area contributed by atoms with Crippen molar-refractivity contribution < 1.29 is 39.8 Å². The summed E-state index contributed by atoms with van der Waals surface area (Å²) in [6.45, 7) is 3.85. The lowest BCUT2D eigenvalue weighted by atomic mass is 9.99. The van der Waals surface area contributed by atoms with Crippen molar-refractivity contribution in [3.8, 4) is 0 Å². The Morgan fingerprint density at radius 2 is 0.966 bits per heavy atom. The van der Waals surface area contributed by atoms with E-state index < -0.39 is 49.5 Å². The number of aliphatic hydroxyl groups excluding tert-OH is 5. The molecule has 7 unspecified atom stereocenters. The fraction of sp³-hybridized carbons (Fsp3) is 0.939. The van der Waals surface area contributed by atoms with Crippen molar-refractivity contribution in [1.29, 1.82) is 0 Å². The molecule has 1 saturated heterocycles. The zero-order valence-electron chi connectivity index (χ0n) is 37.8. The standard InChI is InChI=1S/C49H95NO8/c1-3-5-7-9-11-13-15-17-19-21-22-23-25-27-29-31-33-35-37-39-45(53)50-42(41-57-49-48(56)47(55)46(54)44(40-51)58-49)43(52)38-36-34-32-30-28-26-24-20-18-16-14-12-10-8-6-4-2/h17,19,42-44,46-49,51-52,54-56H,3-16,18,20-41H2,1-2H3,(H,50,53)/b19-17-. The fourth-order valence-corrected chi connectivity index (χ4v) is 8.10. The van der Waals surface area contributed by atoms with E-state index in [1.165, 1.54) is 173 Å². The summed E-state index contributed by atoms with van der Waals surface area (Å²) in [5.41, 5.74) is 0. The van der Waals surface area contributed by atoms with Crippen molar-refractivity contribution in [3.05, 3.63) is 12.2 Å². The first-order valence-corrected chi connectivity index (χ1v) is 24.9. The van der Waals surface area contributed by atoms with E-state index in [1.54, 1.807) is 0 Å². The molecule has 344 valence electrons. The van der Waals surface area contributed by atoms with Crippen LogP contribution in [0.15, 0.2) is 12.2 Å². The summed E-state index contributed by atoms with van der Waals surface area (Å²) < 4.78 is 11.3. The van der Waals surface area contributed by atoms with Crippen LogP contribution in [0.2, 0.25) is 0 Å². The van der Waals surface area contributed by atoms with Gasteiger partial charge >= 0.3 is 0 Å². The molecule has 0 spiro atoms. The van der Waals surface area contributed by atoms with Crippen molar-refractivity contribution in [2.45, 2.75) is 281 Å². The zero-order chi connectivity index (χ0) is 42.3. The molecule has 0 saturated carbocycles. The molecule has 9 nitrogen and oxygen atoms in total. The highest BCUT2D eigenvalue weighted by Gasteiger charge is 2.44. The average molecular weight is 826 g/mol. The van der Waals surface area contributed by atoms with Crippen molar-refractivity contribution >= 4 is 5.91 Å². The Labute approximate surface area is 356 Å². The van der Waals surface area contributed by atoms with Gasteiger partial charge < -0.3 is 40.3 Å². The molecule has 7 atom stereocenters. The van der Waals surface area contributed by atoms with E-state index >= 15 is 0 Å². The summed E-state index contributed by atoms with van der Waals surface area (Å²) in [7, 11) is 0. The van der Waals surface area contributed by atoms with Gasteiger partial charge in [-0.3, -0.25) is 4.79 Å². The third kappa shape index (κ3) is 30.0. The first kappa shape index (κ1) is 54.9. The van der Waals surface area contributed by atoms with Crippen LogP contribution < -0.4 is 5.32 Å². The van der Waals surface area contributed by atoms with Crippen molar-refractivity contribution in [1.82, 2.24) is 5.32 Å². The highest BCUT2D eigenvalue weighted by molar-refractivity contribution is 5.76. The van der Waals surface area contributed by atoms with Gasteiger partial charge in [0, 0.05) is 6.42 Å². The number of carbonyl (C=O) groups is 1. The number of aliphatic hydroxyl groups is 5. The van der Waals surface area contributed by atoms with Crippen molar-refractivity contribution in [2.24, 2.45) is 0 Å². The average Bonchev–Trinajstić information content (AvgIpc) is 3.22. The predicted octanol–water partition coefficient (Wildman–Crippen LogP) is 10.9. The molecule has 0 aromatic rings. The third-order valence-electron chi connectivity index (χ3n) is 12.1. The molecule has 1 rings (SSSR count). The smallest absolute Gasteiger partial charge is 0.220 e. The Hall–Kier alpha value is -1.07. The number of rotatable bonds is 42. The molecule has 9 heteroatoms. The Balaban J connectivity index is 2.28. The molecule has 6 N–H and O–H groups in total. The summed E-state index contributed by atoms with van der Waals surface area (Å²) in [6, 6.07) is -0.716. The lowest BCUT2D eigenvalue weighted by molar-refractivity contribution is -0.302. The number of amides is 1. The minimum absolute atomic E-state index is 0.135. The van der Waals surface area contributed by atoms with Crippen molar-refractivity contribution in [3.63, 3.8) is 0 Å². The maximum Gasteiger partial charge on any atom is 0.220 e. The number of ether oxygens (including phenoxy) is 2. The second kappa shape index (κ2) is 40.0. The van der Waals surface area contributed by atoms with Gasteiger partial charge in [-0.2, -0.15) is 0 Å². The van der Waals surface area contributed by atoms with Crippen LogP contribution in [0.3, 0.4) is 0 Å². The largest absolute Gasteiger partial charge is 0.394 e. The van der Waals surface area contributed by atoms with Crippen LogP contribution in [0.1, 0.15) is 239 Å². The molecule has 1 fully saturated rings. The van der Waals surface area contributed by atoms with Crippen LogP contribution >= 0.6 is 0 Å². The lowest BCUT2D eigenvalue weighted by Crippen LogP contribution is -2.60. The summed E-state index contributed by atoms with van der Waals surface area (Å²) in [4.78, 5) is 13.0. The Bertz CT molecular complexity index is 919. The predicted molar refractivity (Wildman–Crippen MR) is 240 cm³/mol. The molecule has 1 amide bonds. The van der Waals surface area contributed by atoms with Gasteiger partial charge in [0.25, 0.3) is 0 Å². The van der Waals surface area contributed by atoms with Gasteiger partial charge in [-0.15, -0.1) is 0 Å². The molecule has 1 aliphatic heterocycles.